The minimum atomic E-state index is -0.498. The summed E-state index contributed by atoms with van der Waals surface area (Å²) in [5, 5.41) is 2.77. The van der Waals surface area contributed by atoms with Crippen LogP contribution in [0.4, 0.5) is 4.39 Å². The van der Waals surface area contributed by atoms with Crippen molar-refractivity contribution in [3.63, 3.8) is 0 Å². The van der Waals surface area contributed by atoms with E-state index in [4.69, 9.17) is 16.0 Å². The normalized spacial score (nSPS) is 14.0. The third kappa shape index (κ3) is 5.35. The lowest BCUT2D eigenvalue weighted by Crippen LogP contribution is -2.50. The Bertz CT molecular complexity index is 880. The van der Waals surface area contributed by atoms with Crippen molar-refractivity contribution in [1.29, 1.82) is 0 Å². The summed E-state index contributed by atoms with van der Waals surface area (Å²) in [5.41, 5.74) is 0.250. The summed E-state index contributed by atoms with van der Waals surface area (Å²) in [4.78, 5) is 39.9. The number of carbonyl (C=O) groups excluding carboxylic acids is 3. The third-order valence-corrected chi connectivity index (χ3v) is 4.99. The summed E-state index contributed by atoms with van der Waals surface area (Å²) in [7, 11) is 0. The van der Waals surface area contributed by atoms with Gasteiger partial charge in [0.25, 0.3) is 11.8 Å². The van der Waals surface area contributed by atoms with Crippen LogP contribution in [0.25, 0.3) is 0 Å². The lowest BCUT2D eigenvalue weighted by Gasteiger charge is -2.35. The van der Waals surface area contributed by atoms with Gasteiger partial charge in [0.2, 0.25) is 5.91 Å². The molecule has 29 heavy (non-hydrogen) atoms. The Balaban J connectivity index is 1.40. The van der Waals surface area contributed by atoms with Crippen LogP contribution >= 0.6 is 11.6 Å². The summed E-state index contributed by atoms with van der Waals surface area (Å²) in [6.45, 7) is 1.97. The van der Waals surface area contributed by atoms with Gasteiger partial charge in [-0.3, -0.25) is 14.4 Å². The molecule has 1 aliphatic rings. The first-order valence-corrected chi connectivity index (χ1v) is 9.67. The molecule has 0 unspecified atom stereocenters. The Morgan fingerprint density at radius 3 is 2.48 bits per heavy atom. The topological polar surface area (TPSA) is 82.9 Å². The average molecular weight is 422 g/mol. The van der Waals surface area contributed by atoms with Crippen LogP contribution in [0.1, 0.15) is 33.8 Å². The number of amides is 3. The molecule has 9 heteroatoms. The predicted octanol–water partition coefficient (Wildman–Crippen LogP) is 2.57. The Kier molecular flexibility index (Phi) is 6.87. The summed E-state index contributed by atoms with van der Waals surface area (Å²) >= 11 is 5.96. The van der Waals surface area contributed by atoms with E-state index in [2.05, 4.69) is 5.32 Å². The number of nitrogens with one attached hydrogen (secondary N) is 1. The van der Waals surface area contributed by atoms with Crippen molar-refractivity contribution in [2.45, 2.75) is 12.8 Å². The quantitative estimate of drug-likeness (QED) is 0.727. The van der Waals surface area contributed by atoms with E-state index >= 15 is 0 Å². The highest BCUT2D eigenvalue weighted by molar-refractivity contribution is 6.33. The number of hydrogen-bond acceptors (Lipinski definition) is 4. The van der Waals surface area contributed by atoms with Crippen LogP contribution in [0.5, 0.6) is 0 Å². The molecule has 1 saturated heterocycles. The van der Waals surface area contributed by atoms with Gasteiger partial charge >= 0.3 is 0 Å². The molecular formula is C20H21ClFN3O4. The first-order valence-electron chi connectivity index (χ1n) is 9.29. The second-order valence-electron chi connectivity index (χ2n) is 6.63. The zero-order chi connectivity index (χ0) is 20.8. The number of furan rings is 1. The summed E-state index contributed by atoms with van der Waals surface area (Å²) < 4.78 is 18.2. The highest BCUT2D eigenvalue weighted by Crippen LogP contribution is 2.20. The first kappa shape index (κ1) is 20.9. The standard InChI is InChI=1S/C20H21ClFN3O4/c21-16-13-14(22)5-6-15(16)20(28)25-10-8-24(9-11-25)18(26)4-1-7-23-19(27)17-3-2-12-29-17/h2-3,5-6,12-13H,1,4,7-11H2,(H,23,27). The molecule has 3 rings (SSSR count). The van der Waals surface area contributed by atoms with Crippen molar-refractivity contribution in [1.82, 2.24) is 15.1 Å². The van der Waals surface area contributed by atoms with Crippen molar-refractivity contribution in [2.24, 2.45) is 0 Å². The molecule has 0 saturated carbocycles. The van der Waals surface area contributed by atoms with Gasteiger partial charge in [-0.25, -0.2) is 4.39 Å². The Hall–Kier alpha value is -2.87. The minimum absolute atomic E-state index is 0.0239. The number of piperazine rings is 1. The molecule has 7 nitrogen and oxygen atoms in total. The molecule has 1 aromatic heterocycles. The van der Waals surface area contributed by atoms with Crippen molar-refractivity contribution in [3.8, 4) is 0 Å². The monoisotopic (exact) mass is 421 g/mol. The number of nitrogens with zero attached hydrogens (tertiary/aromatic N) is 2. The second-order valence-corrected chi connectivity index (χ2v) is 7.04. The first-order chi connectivity index (χ1) is 14.0. The maximum absolute atomic E-state index is 13.2. The van der Waals surface area contributed by atoms with Gasteiger partial charge in [0, 0.05) is 39.1 Å². The van der Waals surface area contributed by atoms with E-state index in [1.54, 1.807) is 21.9 Å². The van der Waals surface area contributed by atoms with Crippen LogP contribution < -0.4 is 5.32 Å². The number of rotatable bonds is 6. The molecule has 0 atom stereocenters. The number of halogens is 2. The molecule has 1 N–H and O–H groups in total. The Labute approximate surface area is 172 Å². The second kappa shape index (κ2) is 9.56. The molecule has 0 spiro atoms. The van der Waals surface area contributed by atoms with Gasteiger partial charge in [-0.1, -0.05) is 11.6 Å². The van der Waals surface area contributed by atoms with E-state index in [0.29, 0.717) is 45.6 Å². The van der Waals surface area contributed by atoms with Crippen LogP contribution in [0.2, 0.25) is 5.02 Å². The van der Waals surface area contributed by atoms with Crippen molar-refractivity contribution < 1.29 is 23.2 Å². The van der Waals surface area contributed by atoms with Crippen molar-refractivity contribution in [3.05, 3.63) is 58.8 Å². The fourth-order valence-electron chi connectivity index (χ4n) is 3.09. The summed E-state index contributed by atoms with van der Waals surface area (Å²) in [6, 6.07) is 6.88. The molecule has 2 aromatic rings. The van der Waals surface area contributed by atoms with Gasteiger partial charge in [-0.2, -0.15) is 0 Å². The fourth-order valence-corrected chi connectivity index (χ4v) is 3.33. The molecule has 1 fully saturated rings. The summed E-state index contributed by atoms with van der Waals surface area (Å²) in [6.07, 6.45) is 2.23. The van der Waals surface area contributed by atoms with Crippen molar-refractivity contribution >= 4 is 29.3 Å². The minimum Gasteiger partial charge on any atom is -0.459 e. The van der Waals surface area contributed by atoms with Gasteiger partial charge in [0.05, 0.1) is 16.8 Å². The van der Waals surface area contributed by atoms with Crippen LogP contribution in [0.15, 0.2) is 41.0 Å². The molecule has 0 bridgehead atoms. The smallest absolute Gasteiger partial charge is 0.286 e. The number of benzene rings is 1. The average Bonchev–Trinajstić information content (AvgIpc) is 3.25. The molecule has 1 aliphatic heterocycles. The van der Waals surface area contributed by atoms with Gasteiger partial charge in [0.1, 0.15) is 5.82 Å². The van der Waals surface area contributed by atoms with Gasteiger partial charge in [0.15, 0.2) is 5.76 Å². The van der Waals surface area contributed by atoms with E-state index in [1.165, 1.54) is 18.4 Å². The summed E-state index contributed by atoms with van der Waals surface area (Å²) in [5.74, 6) is -0.874. The highest BCUT2D eigenvalue weighted by atomic mass is 35.5. The number of hydrogen-bond donors (Lipinski definition) is 1. The molecule has 154 valence electrons. The van der Waals surface area contributed by atoms with E-state index < -0.39 is 5.82 Å². The van der Waals surface area contributed by atoms with Crippen molar-refractivity contribution in [2.75, 3.05) is 32.7 Å². The molecule has 2 heterocycles. The molecule has 3 amide bonds. The zero-order valence-electron chi connectivity index (χ0n) is 15.7. The lowest BCUT2D eigenvalue weighted by atomic mass is 10.1. The van der Waals surface area contributed by atoms with Crippen LogP contribution in [0, 0.1) is 5.82 Å². The Morgan fingerprint density at radius 2 is 1.83 bits per heavy atom. The predicted molar refractivity (Wildman–Crippen MR) is 104 cm³/mol. The van der Waals surface area contributed by atoms with Gasteiger partial charge in [-0.15, -0.1) is 0 Å². The van der Waals surface area contributed by atoms with E-state index in [9.17, 15) is 18.8 Å². The van der Waals surface area contributed by atoms with Crippen LogP contribution in [-0.2, 0) is 4.79 Å². The van der Waals surface area contributed by atoms with Crippen LogP contribution in [0.3, 0.4) is 0 Å². The molecular weight excluding hydrogens is 401 g/mol. The maximum Gasteiger partial charge on any atom is 0.286 e. The highest BCUT2D eigenvalue weighted by Gasteiger charge is 2.25. The Morgan fingerprint density at radius 1 is 1.10 bits per heavy atom. The van der Waals surface area contributed by atoms with Gasteiger partial charge in [-0.05, 0) is 36.8 Å². The van der Waals surface area contributed by atoms with E-state index in [-0.39, 0.29) is 34.1 Å². The van der Waals surface area contributed by atoms with E-state index in [1.807, 2.05) is 0 Å². The lowest BCUT2D eigenvalue weighted by molar-refractivity contribution is -0.132. The molecule has 0 aliphatic carbocycles. The maximum atomic E-state index is 13.2. The van der Waals surface area contributed by atoms with Crippen LogP contribution in [-0.4, -0.2) is 60.2 Å². The molecule has 0 radical (unpaired) electrons. The van der Waals surface area contributed by atoms with Gasteiger partial charge < -0.3 is 19.5 Å². The fraction of sp³-hybridized carbons (Fsp3) is 0.350. The number of carbonyl (C=O) groups is 3. The SMILES string of the molecule is O=C(NCCCC(=O)N1CCN(C(=O)c2ccc(F)cc2Cl)CC1)c1ccco1. The third-order valence-electron chi connectivity index (χ3n) is 4.68. The van der Waals surface area contributed by atoms with E-state index in [0.717, 1.165) is 6.07 Å². The zero-order valence-corrected chi connectivity index (χ0v) is 16.5. The molecule has 1 aromatic carbocycles. The largest absolute Gasteiger partial charge is 0.459 e.